The summed E-state index contributed by atoms with van der Waals surface area (Å²) in [7, 11) is 0. The van der Waals surface area contributed by atoms with Gasteiger partial charge >= 0.3 is 5.97 Å². The fourth-order valence-electron chi connectivity index (χ4n) is 1.03. The van der Waals surface area contributed by atoms with Crippen LogP contribution in [0, 0.1) is 5.92 Å². The van der Waals surface area contributed by atoms with E-state index in [4.69, 9.17) is 15.9 Å². The molecule has 0 aliphatic rings. The Balaban J connectivity index is 3.61. The van der Waals surface area contributed by atoms with Gasteiger partial charge in [0.1, 0.15) is 0 Å². The van der Waals surface area contributed by atoms with Crippen molar-refractivity contribution in [1.82, 2.24) is 5.32 Å². The summed E-state index contributed by atoms with van der Waals surface area (Å²) in [6.45, 7) is 1.38. The molecule has 0 radical (unpaired) electrons. The lowest BCUT2D eigenvalue weighted by molar-refractivity contribution is -0.141. The number of carbonyl (C=O) groups is 1. The number of aliphatic hydroxyl groups is 1. The topological polar surface area (TPSA) is 95.6 Å². The van der Waals surface area contributed by atoms with E-state index in [1.807, 2.05) is 0 Å². The Morgan fingerprint density at radius 1 is 1.54 bits per heavy atom. The number of nitrogens with one attached hydrogen (secondary N) is 1. The van der Waals surface area contributed by atoms with Gasteiger partial charge in [-0.05, 0) is 19.4 Å². The SMILES string of the molecule is NCCCC(CNCCO)C(=O)O. The number of nitrogens with two attached hydrogens (primary N) is 1. The highest BCUT2D eigenvalue weighted by Gasteiger charge is 2.15. The molecule has 0 rings (SSSR count). The second-order valence-corrected chi connectivity index (χ2v) is 2.89. The van der Waals surface area contributed by atoms with Gasteiger partial charge in [-0.15, -0.1) is 0 Å². The Kier molecular flexibility index (Phi) is 7.57. The van der Waals surface area contributed by atoms with Gasteiger partial charge in [-0.1, -0.05) is 0 Å². The lowest BCUT2D eigenvalue weighted by Gasteiger charge is -2.11. The number of hydrogen-bond acceptors (Lipinski definition) is 4. The first-order valence-electron chi connectivity index (χ1n) is 4.46. The van der Waals surface area contributed by atoms with Crippen molar-refractivity contribution in [3.63, 3.8) is 0 Å². The van der Waals surface area contributed by atoms with Crippen molar-refractivity contribution in [2.75, 3.05) is 26.2 Å². The van der Waals surface area contributed by atoms with E-state index in [2.05, 4.69) is 5.32 Å². The van der Waals surface area contributed by atoms with Crippen LogP contribution in [0.2, 0.25) is 0 Å². The van der Waals surface area contributed by atoms with Crippen molar-refractivity contribution >= 4 is 5.97 Å². The smallest absolute Gasteiger partial charge is 0.307 e. The van der Waals surface area contributed by atoms with Gasteiger partial charge in [0.15, 0.2) is 0 Å². The molecule has 5 heteroatoms. The minimum absolute atomic E-state index is 0.0310. The van der Waals surface area contributed by atoms with Crippen LogP contribution in [0.25, 0.3) is 0 Å². The van der Waals surface area contributed by atoms with E-state index in [-0.39, 0.29) is 6.61 Å². The van der Waals surface area contributed by atoms with Crippen LogP contribution in [0.4, 0.5) is 0 Å². The molecule has 78 valence electrons. The summed E-state index contributed by atoms with van der Waals surface area (Å²) in [5.74, 6) is -1.20. The van der Waals surface area contributed by atoms with Gasteiger partial charge in [-0.25, -0.2) is 0 Å². The molecule has 0 saturated carbocycles. The molecule has 0 saturated heterocycles. The first-order chi connectivity index (χ1) is 6.22. The molecule has 0 aliphatic heterocycles. The maximum atomic E-state index is 10.7. The molecule has 1 unspecified atom stereocenters. The minimum Gasteiger partial charge on any atom is -0.481 e. The van der Waals surface area contributed by atoms with Gasteiger partial charge in [-0.2, -0.15) is 0 Å². The Hall–Kier alpha value is -0.650. The highest BCUT2D eigenvalue weighted by atomic mass is 16.4. The van der Waals surface area contributed by atoms with E-state index in [0.717, 1.165) is 6.42 Å². The average Bonchev–Trinajstić information content (AvgIpc) is 2.10. The van der Waals surface area contributed by atoms with Crippen molar-refractivity contribution in [2.45, 2.75) is 12.8 Å². The van der Waals surface area contributed by atoms with Crippen LogP contribution in [0.5, 0.6) is 0 Å². The lowest BCUT2D eigenvalue weighted by Crippen LogP contribution is -2.30. The molecule has 0 fully saturated rings. The maximum Gasteiger partial charge on any atom is 0.307 e. The van der Waals surface area contributed by atoms with E-state index >= 15 is 0 Å². The number of carboxylic acid groups (broad SMARTS) is 1. The zero-order valence-electron chi connectivity index (χ0n) is 7.70. The lowest BCUT2D eigenvalue weighted by atomic mass is 10.0. The molecular formula is C8H18N2O3. The zero-order chi connectivity index (χ0) is 10.1. The molecule has 1 atom stereocenters. The van der Waals surface area contributed by atoms with E-state index in [0.29, 0.717) is 26.1 Å². The molecule has 0 amide bonds. The van der Waals surface area contributed by atoms with E-state index in [9.17, 15) is 4.79 Å². The Bertz CT molecular complexity index is 141. The molecule has 0 bridgehead atoms. The van der Waals surface area contributed by atoms with Crippen molar-refractivity contribution in [2.24, 2.45) is 11.7 Å². The van der Waals surface area contributed by atoms with E-state index in [1.165, 1.54) is 0 Å². The molecule has 13 heavy (non-hydrogen) atoms. The predicted molar refractivity (Wildman–Crippen MR) is 49.4 cm³/mol. The molecule has 0 aromatic rings. The highest BCUT2D eigenvalue weighted by Crippen LogP contribution is 2.04. The Morgan fingerprint density at radius 3 is 2.69 bits per heavy atom. The van der Waals surface area contributed by atoms with Gasteiger partial charge < -0.3 is 21.3 Å². The number of rotatable bonds is 8. The van der Waals surface area contributed by atoms with Crippen LogP contribution >= 0.6 is 0 Å². The number of hydrogen-bond donors (Lipinski definition) is 4. The van der Waals surface area contributed by atoms with Crippen LogP contribution < -0.4 is 11.1 Å². The summed E-state index contributed by atoms with van der Waals surface area (Å²) in [6.07, 6.45) is 1.31. The van der Waals surface area contributed by atoms with Crippen LogP contribution in [-0.4, -0.2) is 42.4 Å². The quantitative estimate of drug-likeness (QED) is 0.368. The molecule has 5 N–H and O–H groups in total. The minimum atomic E-state index is -0.807. The molecule has 0 aliphatic carbocycles. The van der Waals surface area contributed by atoms with Gasteiger partial charge in [0, 0.05) is 13.1 Å². The van der Waals surface area contributed by atoms with Gasteiger partial charge in [0.25, 0.3) is 0 Å². The van der Waals surface area contributed by atoms with Crippen LogP contribution in [0.15, 0.2) is 0 Å². The maximum absolute atomic E-state index is 10.7. The highest BCUT2D eigenvalue weighted by molar-refractivity contribution is 5.70. The van der Waals surface area contributed by atoms with Gasteiger partial charge in [0.2, 0.25) is 0 Å². The monoisotopic (exact) mass is 190 g/mol. The van der Waals surface area contributed by atoms with Crippen molar-refractivity contribution in [3.05, 3.63) is 0 Å². The summed E-state index contributed by atoms with van der Waals surface area (Å²) in [4.78, 5) is 10.7. The van der Waals surface area contributed by atoms with Crippen LogP contribution in [0.3, 0.4) is 0 Å². The van der Waals surface area contributed by atoms with Crippen molar-refractivity contribution in [1.29, 1.82) is 0 Å². The summed E-state index contributed by atoms with van der Waals surface area (Å²) >= 11 is 0. The third kappa shape index (κ3) is 6.51. The summed E-state index contributed by atoms with van der Waals surface area (Å²) in [5.41, 5.74) is 5.28. The zero-order valence-corrected chi connectivity index (χ0v) is 7.70. The normalized spacial score (nSPS) is 12.8. The summed E-state index contributed by atoms with van der Waals surface area (Å²) in [6, 6.07) is 0. The molecule has 0 aromatic heterocycles. The number of carboxylic acids is 1. The van der Waals surface area contributed by atoms with Gasteiger partial charge in [-0.3, -0.25) is 4.79 Å². The van der Waals surface area contributed by atoms with E-state index < -0.39 is 11.9 Å². The second-order valence-electron chi connectivity index (χ2n) is 2.89. The molecular weight excluding hydrogens is 172 g/mol. The van der Waals surface area contributed by atoms with Crippen molar-refractivity contribution < 1.29 is 15.0 Å². The average molecular weight is 190 g/mol. The largest absolute Gasteiger partial charge is 0.481 e. The van der Waals surface area contributed by atoms with Crippen LogP contribution in [-0.2, 0) is 4.79 Å². The predicted octanol–water partition coefficient (Wildman–Crippen LogP) is -0.992. The number of aliphatic hydroxyl groups excluding tert-OH is 1. The van der Waals surface area contributed by atoms with Crippen molar-refractivity contribution in [3.8, 4) is 0 Å². The Labute approximate surface area is 77.9 Å². The first kappa shape index (κ1) is 12.3. The molecule has 0 aromatic carbocycles. The van der Waals surface area contributed by atoms with Crippen LogP contribution in [0.1, 0.15) is 12.8 Å². The molecule has 5 nitrogen and oxygen atoms in total. The van der Waals surface area contributed by atoms with Gasteiger partial charge in [0.05, 0.1) is 12.5 Å². The third-order valence-electron chi connectivity index (χ3n) is 1.79. The second kappa shape index (κ2) is 7.97. The number of aliphatic carboxylic acids is 1. The standard InChI is InChI=1S/C8H18N2O3/c9-3-1-2-7(8(12)13)6-10-4-5-11/h7,10-11H,1-6,9H2,(H,12,13). The fourth-order valence-corrected chi connectivity index (χ4v) is 1.03. The summed E-state index contributed by atoms with van der Waals surface area (Å²) < 4.78 is 0. The fraction of sp³-hybridized carbons (Fsp3) is 0.875. The summed E-state index contributed by atoms with van der Waals surface area (Å²) in [5, 5.41) is 20.1. The third-order valence-corrected chi connectivity index (χ3v) is 1.79. The Morgan fingerprint density at radius 2 is 2.23 bits per heavy atom. The first-order valence-corrected chi connectivity index (χ1v) is 4.46. The molecule has 0 heterocycles. The molecule has 0 spiro atoms. The van der Waals surface area contributed by atoms with E-state index in [1.54, 1.807) is 0 Å².